The highest BCUT2D eigenvalue weighted by molar-refractivity contribution is 5.82. The molecule has 5 rings (SSSR count). The Morgan fingerprint density at radius 1 is 1.10 bits per heavy atom. The number of amides is 1. The number of aromatic amines is 1. The lowest BCUT2D eigenvalue weighted by molar-refractivity contribution is -0.127. The first-order chi connectivity index (χ1) is 15.3. The van der Waals surface area contributed by atoms with E-state index in [1.54, 1.807) is 18.9 Å². The van der Waals surface area contributed by atoms with Crippen LogP contribution in [0, 0.1) is 5.92 Å². The molecular weight excluding hydrogens is 392 g/mol. The lowest BCUT2D eigenvalue weighted by Gasteiger charge is -2.42. The number of rotatable bonds is 5. The lowest BCUT2D eigenvalue weighted by Crippen LogP contribution is -2.51. The van der Waals surface area contributed by atoms with Gasteiger partial charge >= 0.3 is 0 Å². The molecular formula is C22H28N8O. The van der Waals surface area contributed by atoms with E-state index in [1.807, 2.05) is 18.2 Å². The van der Waals surface area contributed by atoms with Gasteiger partial charge in [0.15, 0.2) is 11.5 Å². The Morgan fingerprint density at radius 2 is 2.00 bits per heavy atom. The van der Waals surface area contributed by atoms with Crippen molar-refractivity contribution in [3.63, 3.8) is 0 Å². The molecule has 1 atom stereocenters. The Kier molecular flexibility index (Phi) is 5.75. The third kappa shape index (κ3) is 4.36. The molecule has 0 bridgehead atoms. The molecule has 1 unspecified atom stereocenters. The highest BCUT2D eigenvalue weighted by Crippen LogP contribution is 2.27. The average Bonchev–Trinajstić information content (AvgIpc) is 3.32. The van der Waals surface area contributed by atoms with Gasteiger partial charge in [-0.1, -0.05) is 6.07 Å². The van der Waals surface area contributed by atoms with E-state index in [-0.39, 0.29) is 11.8 Å². The van der Waals surface area contributed by atoms with E-state index in [2.05, 4.69) is 40.0 Å². The normalized spacial score (nSPS) is 20.8. The number of hydrogen-bond acceptors (Lipinski definition) is 7. The highest BCUT2D eigenvalue weighted by atomic mass is 16.1. The van der Waals surface area contributed by atoms with Crippen LogP contribution < -0.4 is 10.2 Å². The number of hydrogen-bond donors (Lipinski definition) is 2. The van der Waals surface area contributed by atoms with Crippen molar-refractivity contribution in [2.75, 3.05) is 31.1 Å². The largest absolute Gasteiger partial charge is 0.355 e. The van der Waals surface area contributed by atoms with Gasteiger partial charge in [0.1, 0.15) is 11.8 Å². The number of aromatic nitrogens is 5. The van der Waals surface area contributed by atoms with Crippen LogP contribution in [0.3, 0.4) is 0 Å². The van der Waals surface area contributed by atoms with Crippen molar-refractivity contribution in [3.8, 4) is 0 Å². The fourth-order valence-corrected chi connectivity index (χ4v) is 4.81. The van der Waals surface area contributed by atoms with E-state index >= 15 is 0 Å². The zero-order valence-electron chi connectivity index (χ0n) is 17.6. The first-order valence-corrected chi connectivity index (χ1v) is 11.1. The topological polar surface area (TPSA) is 103 Å². The predicted octanol–water partition coefficient (Wildman–Crippen LogP) is 1.75. The number of piperidine rings is 2. The van der Waals surface area contributed by atoms with Crippen LogP contribution in [0.4, 0.5) is 5.82 Å². The van der Waals surface area contributed by atoms with Gasteiger partial charge in [-0.2, -0.15) is 0 Å². The van der Waals surface area contributed by atoms with E-state index in [0.29, 0.717) is 18.2 Å². The maximum atomic E-state index is 12.7. The molecule has 0 aliphatic carbocycles. The fourth-order valence-electron chi connectivity index (χ4n) is 4.81. The van der Waals surface area contributed by atoms with Crippen molar-refractivity contribution in [1.82, 2.24) is 35.1 Å². The van der Waals surface area contributed by atoms with Gasteiger partial charge in [-0.3, -0.25) is 14.7 Å². The molecule has 0 radical (unpaired) electrons. The standard InChI is InChI=1S/C22H28N8O/c31-22(24-12-17-5-1-2-8-23-17)16-4-3-9-30(13-16)18-6-10-29(11-7-18)21-19-20(26-14-25-19)27-15-28-21/h1-2,5,8,14-16,18H,3-4,6-7,9-13H2,(H,24,31)(H,25,26,27,28). The van der Waals surface area contributed by atoms with Crippen LogP contribution in [0.1, 0.15) is 31.4 Å². The molecule has 0 saturated carbocycles. The molecule has 5 heterocycles. The SMILES string of the molecule is O=C(NCc1ccccn1)C1CCCN(C2CCN(c3ncnc4nc[nH]c34)CC2)C1. The van der Waals surface area contributed by atoms with Gasteiger partial charge in [0.05, 0.1) is 24.5 Å². The van der Waals surface area contributed by atoms with Gasteiger partial charge in [-0.05, 0) is 44.4 Å². The van der Waals surface area contributed by atoms with Crippen molar-refractivity contribution in [3.05, 3.63) is 42.7 Å². The number of fused-ring (bicyclic) bond motifs is 1. The summed E-state index contributed by atoms with van der Waals surface area (Å²) >= 11 is 0. The molecule has 162 valence electrons. The Labute approximate surface area is 181 Å². The number of nitrogens with zero attached hydrogens (tertiary/aromatic N) is 6. The van der Waals surface area contributed by atoms with Gasteiger partial charge in [0, 0.05) is 31.9 Å². The Balaban J connectivity index is 1.15. The smallest absolute Gasteiger partial charge is 0.224 e. The minimum absolute atomic E-state index is 0.0574. The number of carbonyl (C=O) groups is 1. The van der Waals surface area contributed by atoms with Crippen molar-refractivity contribution in [1.29, 1.82) is 0 Å². The Bertz CT molecular complexity index is 1010. The number of pyridine rings is 1. The van der Waals surface area contributed by atoms with E-state index < -0.39 is 0 Å². The second-order valence-electron chi connectivity index (χ2n) is 8.39. The molecule has 2 saturated heterocycles. The molecule has 1 amide bonds. The number of imidazole rings is 1. The van der Waals surface area contributed by atoms with Crippen LogP contribution in [0.25, 0.3) is 11.2 Å². The molecule has 2 aliphatic heterocycles. The molecule has 31 heavy (non-hydrogen) atoms. The molecule has 2 N–H and O–H groups in total. The second-order valence-corrected chi connectivity index (χ2v) is 8.39. The van der Waals surface area contributed by atoms with Gasteiger partial charge < -0.3 is 15.2 Å². The number of likely N-dealkylation sites (tertiary alicyclic amines) is 1. The third-order valence-electron chi connectivity index (χ3n) is 6.48. The fraction of sp³-hybridized carbons (Fsp3) is 0.500. The minimum Gasteiger partial charge on any atom is -0.355 e. The summed E-state index contributed by atoms with van der Waals surface area (Å²) in [6, 6.07) is 6.29. The van der Waals surface area contributed by atoms with Crippen LogP contribution in [0.15, 0.2) is 37.1 Å². The number of carbonyl (C=O) groups excluding carboxylic acids is 1. The summed E-state index contributed by atoms with van der Waals surface area (Å²) < 4.78 is 0. The molecule has 2 fully saturated rings. The molecule has 0 spiro atoms. The van der Waals surface area contributed by atoms with Crippen molar-refractivity contribution >= 4 is 22.9 Å². The lowest BCUT2D eigenvalue weighted by atomic mass is 9.93. The molecule has 2 aliphatic rings. The van der Waals surface area contributed by atoms with Crippen LogP contribution in [-0.2, 0) is 11.3 Å². The Morgan fingerprint density at radius 3 is 2.84 bits per heavy atom. The number of H-pyrrole nitrogens is 1. The Hall–Kier alpha value is -3.07. The summed E-state index contributed by atoms with van der Waals surface area (Å²) in [6.45, 7) is 4.31. The van der Waals surface area contributed by atoms with Crippen molar-refractivity contribution in [2.24, 2.45) is 5.92 Å². The number of nitrogens with one attached hydrogen (secondary N) is 2. The van der Waals surface area contributed by atoms with Crippen molar-refractivity contribution in [2.45, 2.75) is 38.3 Å². The van der Waals surface area contributed by atoms with Crippen LogP contribution in [0.2, 0.25) is 0 Å². The molecule has 0 aromatic carbocycles. The van der Waals surface area contributed by atoms with Gasteiger partial charge in [0.2, 0.25) is 5.91 Å². The van der Waals surface area contributed by atoms with Crippen LogP contribution >= 0.6 is 0 Å². The zero-order chi connectivity index (χ0) is 21.0. The van der Waals surface area contributed by atoms with Gasteiger partial charge in [-0.25, -0.2) is 15.0 Å². The maximum absolute atomic E-state index is 12.7. The van der Waals surface area contributed by atoms with Crippen LogP contribution in [-0.4, -0.2) is 67.9 Å². The first kappa shape index (κ1) is 19.9. The second kappa shape index (κ2) is 8.97. The molecule has 3 aromatic heterocycles. The van der Waals surface area contributed by atoms with E-state index in [9.17, 15) is 4.79 Å². The first-order valence-electron chi connectivity index (χ1n) is 11.1. The van der Waals surface area contributed by atoms with Gasteiger partial charge in [-0.15, -0.1) is 0 Å². The molecule has 9 nitrogen and oxygen atoms in total. The van der Waals surface area contributed by atoms with Crippen molar-refractivity contribution < 1.29 is 4.79 Å². The summed E-state index contributed by atoms with van der Waals surface area (Å²) in [7, 11) is 0. The van der Waals surface area contributed by atoms with Gasteiger partial charge in [0.25, 0.3) is 0 Å². The molecule has 3 aromatic rings. The summed E-state index contributed by atoms with van der Waals surface area (Å²) in [4.78, 5) is 38.0. The van der Waals surface area contributed by atoms with E-state index in [1.165, 1.54) is 0 Å². The highest BCUT2D eigenvalue weighted by Gasteiger charge is 2.32. The zero-order valence-corrected chi connectivity index (χ0v) is 17.6. The third-order valence-corrected chi connectivity index (χ3v) is 6.48. The minimum atomic E-state index is 0.0574. The summed E-state index contributed by atoms with van der Waals surface area (Å²) in [5.74, 6) is 1.14. The van der Waals surface area contributed by atoms with E-state index in [4.69, 9.17) is 0 Å². The van der Waals surface area contributed by atoms with E-state index in [0.717, 1.165) is 68.9 Å². The summed E-state index contributed by atoms with van der Waals surface area (Å²) in [5.41, 5.74) is 2.51. The summed E-state index contributed by atoms with van der Waals surface area (Å²) in [5, 5.41) is 3.08. The average molecular weight is 421 g/mol. The summed E-state index contributed by atoms with van der Waals surface area (Å²) in [6.07, 6.45) is 9.19. The van der Waals surface area contributed by atoms with Crippen LogP contribution in [0.5, 0.6) is 0 Å². The number of anilines is 1. The monoisotopic (exact) mass is 420 g/mol. The molecule has 9 heteroatoms. The maximum Gasteiger partial charge on any atom is 0.224 e. The predicted molar refractivity (Wildman–Crippen MR) is 117 cm³/mol. The quantitative estimate of drug-likeness (QED) is 0.648.